The van der Waals surface area contributed by atoms with E-state index in [-0.39, 0.29) is 17.6 Å². The monoisotopic (exact) mass is 684 g/mol. The molecule has 0 saturated carbocycles. The second-order valence-electron chi connectivity index (χ2n) is 15.7. The summed E-state index contributed by atoms with van der Waals surface area (Å²) in [6.45, 7) is 15.6. The van der Waals surface area contributed by atoms with Gasteiger partial charge in [0, 0.05) is 20.3 Å². The Morgan fingerprint density at radius 2 is 0.875 bits per heavy atom. The molecule has 0 aromatic heterocycles. The van der Waals surface area contributed by atoms with E-state index in [9.17, 15) is 4.79 Å². The van der Waals surface area contributed by atoms with Crippen LogP contribution in [0.5, 0.6) is 0 Å². The molecule has 0 heterocycles. The van der Waals surface area contributed by atoms with Crippen molar-refractivity contribution >= 4 is 5.91 Å². The molecular formula is C42H85NO5. The maximum atomic E-state index is 13.1. The van der Waals surface area contributed by atoms with Gasteiger partial charge < -0.3 is 24.3 Å². The molecule has 0 aromatic carbocycles. The van der Waals surface area contributed by atoms with Crippen LogP contribution in [0, 0.1) is 0 Å². The Kier molecular flexibility index (Phi) is 33.0. The van der Waals surface area contributed by atoms with E-state index in [1.807, 2.05) is 13.8 Å². The summed E-state index contributed by atoms with van der Waals surface area (Å²) < 4.78 is 23.7. The van der Waals surface area contributed by atoms with Crippen LogP contribution in [0.1, 0.15) is 208 Å². The van der Waals surface area contributed by atoms with Gasteiger partial charge in [0.1, 0.15) is 0 Å². The van der Waals surface area contributed by atoms with E-state index in [2.05, 4.69) is 33.0 Å². The van der Waals surface area contributed by atoms with Gasteiger partial charge >= 0.3 is 0 Å². The first-order valence-electron chi connectivity index (χ1n) is 20.8. The fourth-order valence-corrected chi connectivity index (χ4v) is 6.06. The fraction of sp³-hybridized carbons (Fsp3) is 0.976. The molecule has 0 aliphatic rings. The SMILES string of the molecule is CCCCCCCCCCCCCCOCC(COCCCCCCCCCCCCCC)NC(=O)CC(C)(C)OCCC(C)(C)OC. The first kappa shape index (κ1) is 47.3. The zero-order valence-corrected chi connectivity index (χ0v) is 33.5. The molecule has 0 rings (SSSR count). The Hall–Kier alpha value is -0.690. The van der Waals surface area contributed by atoms with Crippen LogP contribution in [-0.4, -0.2) is 63.3 Å². The number of amides is 1. The Morgan fingerprint density at radius 1 is 0.521 bits per heavy atom. The van der Waals surface area contributed by atoms with E-state index in [0.717, 1.165) is 32.5 Å². The zero-order valence-electron chi connectivity index (χ0n) is 33.5. The summed E-state index contributed by atoms with van der Waals surface area (Å²) in [5, 5.41) is 3.19. The minimum atomic E-state index is -0.551. The van der Waals surface area contributed by atoms with Crippen molar-refractivity contribution in [3.05, 3.63) is 0 Å². The van der Waals surface area contributed by atoms with E-state index in [1.165, 1.54) is 141 Å². The molecule has 0 radical (unpaired) electrons. The predicted octanol–water partition coefficient (Wildman–Crippen LogP) is 11.9. The minimum Gasteiger partial charge on any atom is -0.379 e. The molecule has 48 heavy (non-hydrogen) atoms. The van der Waals surface area contributed by atoms with Crippen molar-refractivity contribution in [2.24, 2.45) is 0 Å². The highest BCUT2D eigenvalue weighted by Crippen LogP contribution is 2.19. The molecule has 0 bridgehead atoms. The van der Waals surface area contributed by atoms with Crippen LogP contribution in [0.25, 0.3) is 0 Å². The third-order valence-corrected chi connectivity index (χ3v) is 9.62. The largest absolute Gasteiger partial charge is 0.379 e. The van der Waals surface area contributed by atoms with Gasteiger partial charge in [-0.1, -0.05) is 155 Å². The molecule has 0 fully saturated rings. The van der Waals surface area contributed by atoms with Crippen LogP contribution in [0.15, 0.2) is 0 Å². The van der Waals surface area contributed by atoms with Crippen LogP contribution >= 0.6 is 0 Å². The Bertz CT molecular complexity index is 651. The molecule has 0 atom stereocenters. The fourth-order valence-electron chi connectivity index (χ4n) is 6.06. The molecular weight excluding hydrogens is 598 g/mol. The van der Waals surface area contributed by atoms with Crippen molar-refractivity contribution in [3.63, 3.8) is 0 Å². The third kappa shape index (κ3) is 33.8. The topological polar surface area (TPSA) is 66.0 Å². The molecule has 0 aromatic rings. The highest BCUT2D eigenvalue weighted by molar-refractivity contribution is 5.77. The highest BCUT2D eigenvalue weighted by Gasteiger charge is 2.26. The first-order valence-corrected chi connectivity index (χ1v) is 20.8. The smallest absolute Gasteiger partial charge is 0.223 e. The lowest BCUT2D eigenvalue weighted by Crippen LogP contribution is -2.44. The maximum absolute atomic E-state index is 13.1. The van der Waals surface area contributed by atoms with Crippen molar-refractivity contribution in [1.29, 1.82) is 0 Å². The van der Waals surface area contributed by atoms with Gasteiger partial charge in [-0.2, -0.15) is 0 Å². The lowest BCUT2D eigenvalue weighted by atomic mass is 10.0. The van der Waals surface area contributed by atoms with Crippen LogP contribution in [0.3, 0.4) is 0 Å². The van der Waals surface area contributed by atoms with Crippen LogP contribution < -0.4 is 5.32 Å². The number of hydrogen-bond acceptors (Lipinski definition) is 5. The standard InChI is InChI=1S/C42H85NO5/c1-8-10-12-14-16-18-20-22-24-26-28-30-33-46-37-39(43-40(44)36-42(5,6)48-35-32-41(3,4)45-7)38-47-34-31-29-27-25-23-21-19-17-15-13-11-9-2/h39H,8-38H2,1-7H3,(H,43,44). The van der Waals surface area contributed by atoms with Gasteiger partial charge in [0.2, 0.25) is 5.91 Å². The number of unbranched alkanes of at least 4 members (excludes halogenated alkanes) is 22. The van der Waals surface area contributed by atoms with Gasteiger partial charge in [0.05, 0.1) is 43.5 Å². The van der Waals surface area contributed by atoms with Crippen LogP contribution in [0.4, 0.5) is 0 Å². The van der Waals surface area contributed by atoms with Crippen molar-refractivity contribution in [1.82, 2.24) is 5.32 Å². The average Bonchev–Trinajstić information content (AvgIpc) is 3.04. The molecule has 6 nitrogen and oxygen atoms in total. The summed E-state index contributed by atoms with van der Waals surface area (Å²) in [4.78, 5) is 13.1. The second-order valence-corrected chi connectivity index (χ2v) is 15.7. The Balaban J connectivity index is 4.32. The normalized spacial score (nSPS) is 12.3. The summed E-state index contributed by atoms with van der Waals surface area (Å²) in [6, 6.07) is -0.143. The van der Waals surface area contributed by atoms with E-state index in [4.69, 9.17) is 18.9 Å². The first-order chi connectivity index (χ1) is 23.2. The number of methoxy groups -OCH3 is 1. The van der Waals surface area contributed by atoms with E-state index >= 15 is 0 Å². The summed E-state index contributed by atoms with van der Waals surface area (Å²) in [7, 11) is 1.72. The van der Waals surface area contributed by atoms with E-state index in [1.54, 1.807) is 7.11 Å². The van der Waals surface area contributed by atoms with Gasteiger partial charge in [-0.15, -0.1) is 0 Å². The van der Waals surface area contributed by atoms with Crippen LogP contribution in [0.2, 0.25) is 0 Å². The maximum Gasteiger partial charge on any atom is 0.223 e. The van der Waals surface area contributed by atoms with Crippen molar-refractivity contribution in [2.75, 3.05) is 40.1 Å². The number of carbonyl (C=O) groups excluding carboxylic acids is 1. The molecule has 288 valence electrons. The van der Waals surface area contributed by atoms with Gasteiger partial charge in [0.25, 0.3) is 0 Å². The lowest BCUT2D eigenvalue weighted by molar-refractivity contribution is -0.130. The summed E-state index contributed by atoms with van der Waals surface area (Å²) in [5.41, 5.74) is -0.788. The highest BCUT2D eigenvalue weighted by atomic mass is 16.5. The number of rotatable bonds is 38. The zero-order chi connectivity index (χ0) is 35.6. The molecule has 0 spiro atoms. The molecule has 0 aliphatic carbocycles. The van der Waals surface area contributed by atoms with Gasteiger partial charge in [-0.25, -0.2) is 0 Å². The summed E-state index contributed by atoms with van der Waals surface area (Å²) in [5.74, 6) is -0.0149. The Labute approximate surface area is 300 Å². The molecule has 0 saturated heterocycles. The molecule has 6 heteroatoms. The summed E-state index contributed by atoms with van der Waals surface area (Å²) >= 11 is 0. The third-order valence-electron chi connectivity index (χ3n) is 9.62. The van der Waals surface area contributed by atoms with Crippen molar-refractivity contribution in [3.8, 4) is 0 Å². The van der Waals surface area contributed by atoms with E-state index < -0.39 is 5.60 Å². The lowest BCUT2D eigenvalue weighted by Gasteiger charge is -2.29. The van der Waals surface area contributed by atoms with Crippen molar-refractivity contribution in [2.45, 2.75) is 226 Å². The Morgan fingerprint density at radius 3 is 1.23 bits per heavy atom. The minimum absolute atomic E-state index is 0.0149. The number of hydrogen-bond donors (Lipinski definition) is 1. The predicted molar refractivity (Wildman–Crippen MR) is 206 cm³/mol. The molecule has 0 unspecified atom stereocenters. The molecule has 1 N–H and O–H groups in total. The molecule has 0 aliphatic heterocycles. The van der Waals surface area contributed by atoms with Gasteiger partial charge in [-0.3, -0.25) is 4.79 Å². The van der Waals surface area contributed by atoms with Gasteiger partial charge in [-0.05, 0) is 47.0 Å². The van der Waals surface area contributed by atoms with E-state index in [0.29, 0.717) is 26.2 Å². The number of carbonyl (C=O) groups is 1. The number of ether oxygens (including phenoxy) is 4. The van der Waals surface area contributed by atoms with Gasteiger partial charge in [0.15, 0.2) is 0 Å². The van der Waals surface area contributed by atoms with Crippen LogP contribution in [-0.2, 0) is 23.7 Å². The number of nitrogens with one attached hydrogen (secondary N) is 1. The second kappa shape index (κ2) is 33.5. The summed E-state index contributed by atoms with van der Waals surface area (Å²) in [6.07, 6.45) is 33.1. The molecule has 1 amide bonds. The quantitative estimate of drug-likeness (QED) is 0.0656. The van der Waals surface area contributed by atoms with Crippen molar-refractivity contribution < 1.29 is 23.7 Å². The average molecular weight is 684 g/mol.